The van der Waals surface area contributed by atoms with E-state index in [9.17, 15) is 8.42 Å². The highest BCUT2D eigenvalue weighted by molar-refractivity contribution is 7.92. The number of rotatable bonds is 3. The Kier molecular flexibility index (Phi) is 4.10. The third-order valence-electron chi connectivity index (χ3n) is 3.72. The lowest BCUT2D eigenvalue weighted by molar-refractivity contribution is 0.600. The molecule has 112 valence electrons. The van der Waals surface area contributed by atoms with Crippen molar-refractivity contribution in [2.75, 3.05) is 4.72 Å². The molecular weight excluding hydrogens is 282 g/mol. The Morgan fingerprint density at radius 3 is 2.05 bits per heavy atom. The number of anilines is 1. The molecule has 21 heavy (non-hydrogen) atoms. The summed E-state index contributed by atoms with van der Waals surface area (Å²) in [6.07, 6.45) is 0. The number of aryl methyl sites for hydroxylation is 5. The molecule has 0 saturated heterocycles. The van der Waals surface area contributed by atoms with Crippen molar-refractivity contribution in [2.24, 2.45) is 0 Å². The molecule has 2 rings (SSSR count). The van der Waals surface area contributed by atoms with Crippen LogP contribution in [0.2, 0.25) is 0 Å². The Bertz CT molecular complexity index is 793. The molecule has 2 aromatic carbocycles. The smallest absolute Gasteiger partial charge is 0.262 e. The number of sulfonamides is 1. The summed E-state index contributed by atoms with van der Waals surface area (Å²) < 4.78 is 28.0. The molecule has 0 aliphatic heterocycles. The van der Waals surface area contributed by atoms with Gasteiger partial charge in [-0.2, -0.15) is 0 Å². The SMILES string of the molecule is Cc1ccc(C)c(NS(=O)(=O)c2cc(C)c(C)cc2C)c1. The number of hydrogen-bond donors (Lipinski definition) is 1. The van der Waals surface area contributed by atoms with E-state index in [1.54, 1.807) is 6.07 Å². The fraction of sp³-hybridized carbons (Fsp3) is 0.294. The molecule has 0 fully saturated rings. The zero-order valence-electron chi connectivity index (χ0n) is 13.1. The van der Waals surface area contributed by atoms with Gasteiger partial charge in [0.1, 0.15) is 0 Å². The number of benzene rings is 2. The van der Waals surface area contributed by atoms with Gasteiger partial charge in [-0.15, -0.1) is 0 Å². The topological polar surface area (TPSA) is 46.2 Å². The Morgan fingerprint density at radius 2 is 1.38 bits per heavy atom. The van der Waals surface area contributed by atoms with Crippen LogP contribution in [0.5, 0.6) is 0 Å². The molecule has 0 aliphatic rings. The first kappa shape index (κ1) is 15.6. The molecule has 0 aliphatic carbocycles. The van der Waals surface area contributed by atoms with Gasteiger partial charge in [-0.3, -0.25) is 4.72 Å². The van der Waals surface area contributed by atoms with Crippen LogP contribution in [0.25, 0.3) is 0 Å². The molecule has 1 N–H and O–H groups in total. The van der Waals surface area contributed by atoms with Gasteiger partial charge in [0.2, 0.25) is 0 Å². The van der Waals surface area contributed by atoms with Gasteiger partial charge in [0.05, 0.1) is 10.6 Å². The van der Waals surface area contributed by atoms with Gasteiger partial charge in [-0.05, 0) is 74.6 Å². The minimum atomic E-state index is -3.57. The molecule has 3 nitrogen and oxygen atoms in total. The first-order chi connectivity index (χ1) is 9.70. The lowest BCUT2D eigenvalue weighted by Crippen LogP contribution is -2.15. The summed E-state index contributed by atoms with van der Waals surface area (Å²) in [6, 6.07) is 9.38. The van der Waals surface area contributed by atoms with Crippen LogP contribution in [0.15, 0.2) is 35.2 Å². The minimum Gasteiger partial charge on any atom is -0.279 e. The van der Waals surface area contributed by atoms with Crippen molar-refractivity contribution < 1.29 is 8.42 Å². The molecule has 0 atom stereocenters. The van der Waals surface area contributed by atoms with Crippen molar-refractivity contribution >= 4 is 15.7 Å². The summed E-state index contributed by atoms with van der Waals surface area (Å²) in [5, 5.41) is 0. The van der Waals surface area contributed by atoms with Crippen molar-refractivity contribution in [3.63, 3.8) is 0 Å². The molecule has 0 heterocycles. The van der Waals surface area contributed by atoms with Gasteiger partial charge in [-0.1, -0.05) is 18.2 Å². The molecule has 0 aromatic heterocycles. The van der Waals surface area contributed by atoms with E-state index in [1.165, 1.54) is 0 Å². The zero-order valence-corrected chi connectivity index (χ0v) is 13.9. The standard InChI is InChI=1S/C17H21NO2S/c1-11-6-7-12(2)16(8-11)18-21(19,20)17-10-14(4)13(3)9-15(17)5/h6-10,18H,1-5H3. The average Bonchev–Trinajstić information content (AvgIpc) is 2.37. The molecule has 0 saturated carbocycles. The van der Waals surface area contributed by atoms with Crippen LogP contribution in [0.1, 0.15) is 27.8 Å². The Morgan fingerprint density at radius 1 is 0.762 bits per heavy atom. The van der Waals surface area contributed by atoms with Gasteiger partial charge >= 0.3 is 0 Å². The van der Waals surface area contributed by atoms with E-state index < -0.39 is 10.0 Å². The van der Waals surface area contributed by atoms with Crippen molar-refractivity contribution in [3.8, 4) is 0 Å². The van der Waals surface area contributed by atoms with Crippen LogP contribution < -0.4 is 4.72 Å². The quantitative estimate of drug-likeness (QED) is 0.930. The van der Waals surface area contributed by atoms with E-state index in [1.807, 2.05) is 58.9 Å². The van der Waals surface area contributed by atoms with E-state index >= 15 is 0 Å². The van der Waals surface area contributed by atoms with Crippen molar-refractivity contribution in [1.82, 2.24) is 0 Å². The van der Waals surface area contributed by atoms with Crippen LogP contribution in [0.4, 0.5) is 5.69 Å². The second-order valence-corrected chi connectivity index (χ2v) is 7.28. The summed E-state index contributed by atoms with van der Waals surface area (Å²) in [4.78, 5) is 0.339. The highest BCUT2D eigenvalue weighted by Crippen LogP contribution is 2.24. The molecule has 2 aromatic rings. The largest absolute Gasteiger partial charge is 0.279 e. The van der Waals surface area contributed by atoms with E-state index in [0.29, 0.717) is 10.6 Å². The molecule has 0 unspecified atom stereocenters. The summed E-state index contributed by atoms with van der Waals surface area (Å²) in [6.45, 7) is 9.57. The van der Waals surface area contributed by atoms with Crippen LogP contribution >= 0.6 is 0 Å². The highest BCUT2D eigenvalue weighted by Gasteiger charge is 2.18. The first-order valence-corrected chi connectivity index (χ1v) is 8.37. The van der Waals surface area contributed by atoms with E-state index in [0.717, 1.165) is 27.8 Å². The van der Waals surface area contributed by atoms with Gasteiger partial charge in [0.15, 0.2) is 0 Å². The second-order valence-electron chi connectivity index (χ2n) is 5.63. The lowest BCUT2D eigenvalue weighted by atomic mass is 10.1. The van der Waals surface area contributed by atoms with E-state index in [4.69, 9.17) is 0 Å². The van der Waals surface area contributed by atoms with Crippen LogP contribution in [0, 0.1) is 34.6 Å². The zero-order chi connectivity index (χ0) is 15.8. The Balaban J connectivity index is 2.48. The number of hydrogen-bond acceptors (Lipinski definition) is 2. The summed E-state index contributed by atoms with van der Waals surface area (Å²) in [5.74, 6) is 0. The predicted molar refractivity (Wildman–Crippen MR) is 87.4 cm³/mol. The highest BCUT2D eigenvalue weighted by atomic mass is 32.2. The molecular formula is C17H21NO2S. The van der Waals surface area contributed by atoms with Gasteiger partial charge in [0.25, 0.3) is 10.0 Å². The average molecular weight is 303 g/mol. The first-order valence-electron chi connectivity index (χ1n) is 6.88. The van der Waals surface area contributed by atoms with E-state index in [-0.39, 0.29) is 0 Å². The normalized spacial score (nSPS) is 11.5. The van der Waals surface area contributed by atoms with Gasteiger partial charge in [-0.25, -0.2) is 8.42 Å². The van der Waals surface area contributed by atoms with Gasteiger partial charge in [0, 0.05) is 0 Å². The minimum absolute atomic E-state index is 0.339. The predicted octanol–water partition coefficient (Wildman–Crippen LogP) is 4.03. The van der Waals surface area contributed by atoms with Crippen LogP contribution in [-0.4, -0.2) is 8.42 Å². The summed E-state index contributed by atoms with van der Waals surface area (Å²) >= 11 is 0. The van der Waals surface area contributed by atoms with Crippen LogP contribution in [-0.2, 0) is 10.0 Å². The lowest BCUT2D eigenvalue weighted by Gasteiger charge is -2.14. The number of nitrogens with one attached hydrogen (secondary N) is 1. The third-order valence-corrected chi connectivity index (χ3v) is 5.23. The van der Waals surface area contributed by atoms with E-state index in [2.05, 4.69) is 4.72 Å². The molecule has 0 spiro atoms. The monoisotopic (exact) mass is 303 g/mol. The summed E-state index contributed by atoms with van der Waals surface area (Å²) in [5.41, 5.74) is 5.39. The molecule has 0 amide bonds. The molecule has 0 bridgehead atoms. The van der Waals surface area contributed by atoms with Crippen molar-refractivity contribution in [3.05, 3.63) is 58.1 Å². The van der Waals surface area contributed by atoms with Gasteiger partial charge < -0.3 is 0 Å². The third kappa shape index (κ3) is 3.27. The van der Waals surface area contributed by atoms with Crippen LogP contribution in [0.3, 0.4) is 0 Å². The maximum atomic E-state index is 12.6. The molecule has 0 radical (unpaired) electrons. The Labute approximate surface area is 127 Å². The molecule has 4 heteroatoms. The maximum absolute atomic E-state index is 12.6. The second kappa shape index (κ2) is 5.53. The van der Waals surface area contributed by atoms with Crippen molar-refractivity contribution in [2.45, 2.75) is 39.5 Å². The Hall–Kier alpha value is -1.81. The maximum Gasteiger partial charge on any atom is 0.262 e. The fourth-order valence-electron chi connectivity index (χ4n) is 2.27. The summed E-state index contributed by atoms with van der Waals surface area (Å²) in [7, 11) is -3.57. The fourth-order valence-corrected chi connectivity index (χ4v) is 3.70. The van der Waals surface area contributed by atoms with Crippen molar-refractivity contribution in [1.29, 1.82) is 0 Å².